The van der Waals surface area contributed by atoms with Crippen LogP contribution in [0.15, 0.2) is 35.5 Å². The highest BCUT2D eigenvalue weighted by atomic mass is 32.1. The fraction of sp³-hybridized carbons (Fsp3) is 0.250. The molecule has 0 fully saturated rings. The van der Waals surface area contributed by atoms with Crippen LogP contribution in [0.5, 0.6) is 11.5 Å². The topological polar surface area (TPSA) is 104 Å². The van der Waals surface area contributed by atoms with E-state index in [4.69, 9.17) is 19.8 Å². The number of aliphatic hydroxyl groups is 1. The average Bonchev–Trinajstić information content (AvgIpc) is 2.57. The van der Waals surface area contributed by atoms with E-state index >= 15 is 0 Å². The highest BCUT2D eigenvalue weighted by Crippen LogP contribution is 2.32. The highest BCUT2D eigenvalue weighted by molar-refractivity contribution is 7.80. The maximum atomic E-state index is 11.8. The van der Waals surface area contributed by atoms with Crippen LogP contribution < -0.4 is 20.1 Å². The van der Waals surface area contributed by atoms with Gasteiger partial charge in [-0.1, -0.05) is 12.1 Å². The molecule has 0 radical (unpaired) electrons. The van der Waals surface area contributed by atoms with Crippen molar-refractivity contribution in [2.75, 3.05) is 20.3 Å². The molecule has 24 heavy (non-hydrogen) atoms. The minimum absolute atomic E-state index is 0.0303. The van der Waals surface area contributed by atoms with Gasteiger partial charge >= 0.3 is 0 Å². The molecule has 1 aliphatic rings. The van der Waals surface area contributed by atoms with Gasteiger partial charge in [-0.15, -0.1) is 12.6 Å². The molecule has 0 saturated carbocycles. The lowest BCUT2D eigenvalue weighted by molar-refractivity contribution is -0.117. The van der Waals surface area contributed by atoms with Gasteiger partial charge in [0.1, 0.15) is 23.7 Å². The summed E-state index contributed by atoms with van der Waals surface area (Å²) in [5, 5.41) is 23.5. The van der Waals surface area contributed by atoms with Gasteiger partial charge in [-0.25, -0.2) is 0 Å². The van der Waals surface area contributed by atoms with Crippen LogP contribution in [0.2, 0.25) is 0 Å². The molecule has 3 N–H and O–H groups in total. The minimum Gasteiger partial charge on any atom is -0.493 e. The monoisotopic (exact) mass is 347 g/mol. The van der Waals surface area contributed by atoms with Gasteiger partial charge in [0, 0.05) is 5.56 Å². The first-order chi connectivity index (χ1) is 11.6. The summed E-state index contributed by atoms with van der Waals surface area (Å²) in [5.74, 6) is 0.492. The van der Waals surface area contributed by atoms with E-state index in [-0.39, 0.29) is 18.8 Å². The molecule has 1 aliphatic heterocycles. The van der Waals surface area contributed by atoms with Crippen molar-refractivity contribution in [1.29, 1.82) is 5.26 Å². The molecular weight excluding hydrogens is 330 g/mol. The molecule has 1 atom stereocenters. The Morgan fingerprint density at radius 2 is 2.21 bits per heavy atom. The number of carbonyl (C=O) groups is 1. The molecule has 7 nitrogen and oxygen atoms in total. The summed E-state index contributed by atoms with van der Waals surface area (Å²) in [7, 11) is 1.52. The van der Waals surface area contributed by atoms with Gasteiger partial charge in [0.05, 0.1) is 19.4 Å². The van der Waals surface area contributed by atoms with Gasteiger partial charge in [-0.3, -0.25) is 4.79 Å². The first kappa shape index (κ1) is 17.7. The molecule has 1 amide bonds. The molecular formula is C16H17N3O4S. The van der Waals surface area contributed by atoms with E-state index in [0.29, 0.717) is 22.8 Å². The lowest BCUT2D eigenvalue weighted by Gasteiger charge is -2.22. The third kappa shape index (κ3) is 4.01. The third-order valence-electron chi connectivity index (χ3n) is 3.16. The molecule has 1 aromatic carbocycles. The van der Waals surface area contributed by atoms with Crippen molar-refractivity contribution in [3.63, 3.8) is 0 Å². The van der Waals surface area contributed by atoms with E-state index in [1.165, 1.54) is 7.11 Å². The summed E-state index contributed by atoms with van der Waals surface area (Å²) < 4.78 is 10.8. The Labute approximate surface area is 145 Å². The second-order valence-corrected chi connectivity index (χ2v) is 5.22. The molecule has 8 heteroatoms. The van der Waals surface area contributed by atoms with Crippen LogP contribution >= 0.6 is 12.6 Å². The zero-order valence-corrected chi connectivity index (χ0v) is 13.8. The Kier molecular flexibility index (Phi) is 6.12. The van der Waals surface area contributed by atoms with E-state index < -0.39 is 11.4 Å². The van der Waals surface area contributed by atoms with Crippen LogP contribution in [0.4, 0.5) is 0 Å². The molecule has 0 aliphatic carbocycles. The van der Waals surface area contributed by atoms with E-state index in [2.05, 4.69) is 23.3 Å². The average molecular weight is 347 g/mol. The maximum absolute atomic E-state index is 11.8. The van der Waals surface area contributed by atoms with Gasteiger partial charge in [-0.05, 0) is 18.2 Å². The zero-order chi connectivity index (χ0) is 17.5. The number of para-hydroxylation sites is 1. The molecule has 0 saturated heterocycles. The fourth-order valence-corrected chi connectivity index (χ4v) is 2.37. The van der Waals surface area contributed by atoms with E-state index in [1.54, 1.807) is 30.4 Å². The quantitative estimate of drug-likeness (QED) is 0.567. The SMILES string of the molecule is COc1cccc(/C=C/C2=C(C#N)C(=O)NC(S)N2)c1OCCO. The molecule has 2 rings (SSSR count). The lowest BCUT2D eigenvalue weighted by Crippen LogP contribution is -2.46. The number of allylic oxidation sites excluding steroid dienone is 1. The maximum Gasteiger partial charge on any atom is 0.266 e. The number of nitrogens with one attached hydrogen (secondary N) is 2. The second-order valence-electron chi connectivity index (χ2n) is 4.70. The Hall–Kier alpha value is -2.63. The summed E-state index contributed by atoms with van der Waals surface area (Å²) in [6, 6.07) is 7.17. The van der Waals surface area contributed by atoms with Crippen LogP contribution in [0, 0.1) is 11.3 Å². The number of hydrogen-bond donors (Lipinski definition) is 4. The van der Waals surface area contributed by atoms with Crippen molar-refractivity contribution in [2.24, 2.45) is 0 Å². The number of nitriles is 1. The van der Waals surface area contributed by atoms with Crippen LogP contribution in [0.1, 0.15) is 5.56 Å². The first-order valence-corrected chi connectivity index (χ1v) is 7.61. The summed E-state index contributed by atoms with van der Waals surface area (Å²) in [4.78, 5) is 11.8. The normalized spacial score (nSPS) is 17.2. The number of methoxy groups -OCH3 is 1. The van der Waals surface area contributed by atoms with Crippen molar-refractivity contribution in [2.45, 2.75) is 5.50 Å². The number of aliphatic hydroxyl groups excluding tert-OH is 1. The Balaban J connectivity index is 2.37. The highest BCUT2D eigenvalue weighted by Gasteiger charge is 2.22. The van der Waals surface area contributed by atoms with Crippen molar-refractivity contribution in [3.05, 3.63) is 41.1 Å². The molecule has 0 bridgehead atoms. The van der Waals surface area contributed by atoms with E-state index in [9.17, 15) is 4.79 Å². The summed E-state index contributed by atoms with van der Waals surface area (Å²) in [6.07, 6.45) is 3.29. The molecule has 126 valence electrons. The first-order valence-electron chi connectivity index (χ1n) is 7.09. The van der Waals surface area contributed by atoms with Gasteiger partial charge in [0.25, 0.3) is 5.91 Å². The number of ether oxygens (including phenoxy) is 2. The standard InChI is InChI=1S/C16H17N3O4S/c1-22-13-4-2-3-10(14(13)23-8-7-20)5-6-12-11(9-17)15(21)19-16(24)18-12/h2-6,16,18,20,24H,7-8H2,1H3,(H,19,21)/b6-5+. The number of carbonyl (C=O) groups excluding carboxylic acids is 1. The van der Waals surface area contributed by atoms with Crippen molar-refractivity contribution >= 4 is 24.6 Å². The number of amides is 1. The van der Waals surface area contributed by atoms with Crippen molar-refractivity contribution in [1.82, 2.24) is 10.6 Å². The minimum atomic E-state index is -0.579. The number of rotatable bonds is 6. The Morgan fingerprint density at radius 1 is 1.42 bits per heavy atom. The molecule has 1 aromatic rings. The number of thiol groups is 1. The zero-order valence-electron chi connectivity index (χ0n) is 12.9. The predicted octanol–water partition coefficient (Wildman–Crippen LogP) is 0.790. The third-order valence-corrected chi connectivity index (χ3v) is 3.42. The van der Waals surface area contributed by atoms with Crippen LogP contribution in [-0.2, 0) is 4.79 Å². The van der Waals surface area contributed by atoms with Gasteiger partial charge in [-0.2, -0.15) is 5.26 Å². The van der Waals surface area contributed by atoms with Crippen LogP contribution in [0.3, 0.4) is 0 Å². The smallest absolute Gasteiger partial charge is 0.266 e. The van der Waals surface area contributed by atoms with Gasteiger partial charge in [0.15, 0.2) is 11.5 Å². The number of benzene rings is 1. The van der Waals surface area contributed by atoms with Crippen molar-refractivity contribution in [3.8, 4) is 17.6 Å². The summed E-state index contributed by atoms with van der Waals surface area (Å²) in [6.45, 7) is -0.0132. The lowest BCUT2D eigenvalue weighted by atomic mass is 10.1. The molecule has 1 unspecified atom stereocenters. The van der Waals surface area contributed by atoms with Gasteiger partial charge < -0.3 is 25.2 Å². The van der Waals surface area contributed by atoms with Crippen LogP contribution in [-0.4, -0.2) is 36.8 Å². The largest absolute Gasteiger partial charge is 0.493 e. The molecule has 1 heterocycles. The Bertz CT molecular complexity index is 725. The second kappa shape index (κ2) is 8.29. The predicted molar refractivity (Wildman–Crippen MR) is 91.3 cm³/mol. The van der Waals surface area contributed by atoms with Crippen molar-refractivity contribution < 1.29 is 19.4 Å². The van der Waals surface area contributed by atoms with Gasteiger partial charge in [0.2, 0.25) is 0 Å². The summed E-state index contributed by atoms with van der Waals surface area (Å²) >= 11 is 4.14. The number of nitrogens with zero attached hydrogens (tertiary/aromatic N) is 1. The molecule has 0 spiro atoms. The van der Waals surface area contributed by atoms with E-state index in [0.717, 1.165) is 0 Å². The van der Waals surface area contributed by atoms with E-state index in [1.807, 2.05) is 6.07 Å². The molecule has 0 aromatic heterocycles. The summed E-state index contributed by atoms with van der Waals surface area (Å²) in [5.41, 5.74) is 0.426. The van der Waals surface area contributed by atoms with Crippen LogP contribution in [0.25, 0.3) is 6.08 Å². The Morgan fingerprint density at radius 3 is 2.88 bits per heavy atom. The fourth-order valence-electron chi connectivity index (χ4n) is 2.12. The number of hydrogen-bond acceptors (Lipinski definition) is 7.